The molecule has 0 fully saturated rings. The number of aliphatic hydroxyl groups is 1. The second-order valence-corrected chi connectivity index (χ2v) is 3.72. The van der Waals surface area contributed by atoms with E-state index in [2.05, 4.69) is 36.4 Å². The number of benzene rings is 1. The van der Waals surface area contributed by atoms with Gasteiger partial charge in [-0.1, -0.05) is 42.5 Å². The van der Waals surface area contributed by atoms with E-state index in [0.29, 0.717) is 6.61 Å². The van der Waals surface area contributed by atoms with Crippen LogP contribution in [0.15, 0.2) is 42.5 Å². The molecule has 0 atom stereocenters. The van der Waals surface area contributed by atoms with Gasteiger partial charge in [-0.05, 0) is 37.7 Å². The zero-order valence-electron chi connectivity index (χ0n) is 9.23. The molecule has 0 amide bonds. The van der Waals surface area contributed by atoms with Gasteiger partial charge in [-0.3, -0.25) is 0 Å². The van der Waals surface area contributed by atoms with Crippen LogP contribution in [0.2, 0.25) is 0 Å². The van der Waals surface area contributed by atoms with Crippen LogP contribution in [0, 0.1) is 0 Å². The van der Waals surface area contributed by atoms with Crippen LogP contribution < -0.4 is 0 Å². The second-order valence-electron chi connectivity index (χ2n) is 3.72. The lowest BCUT2D eigenvalue weighted by atomic mass is 10.1. The van der Waals surface area contributed by atoms with Crippen molar-refractivity contribution in [2.24, 2.45) is 0 Å². The van der Waals surface area contributed by atoms with Gasteiger partial charge < -0.3 is 5.11 Å². The van der Waals surface area contributed by atoms with Crippen LogP contribution in [-0.2, 0) is 6.42 Å². The highest BCUT2D eigenvalue weighted by molar-refractivity contribution is 5.15. The first kappa shape index (κ1) is 12.0. The van der Waals surface area contributed by atoms with Crippen molar-refractivity contribution in [1.29, 1.82) is 0 Å². The molecule has 0 unspecified atom stereocenters. The van der Waals surface area contributed by atoms with Crippen molar-refractivity contribution in [2.75, 3.05) is 6.61 Å². The lowest BCUT2D eigenvalue weighted by Crippen LogP contribution is -1.82. The van der Waals surface area contributed by atoms with Gasteiger partial charge in [-0.2, -0.15) is 0 Å². The highest BCUT2D eigenvalue weighted by atomic mass is 16.2. The van der Waals surface area contributed by atoms with E-state index in [-0.39, 0.29) is 0 Å². The molecule has 1 nitrogen and oxygen atoms in total. The molecule has 15 heavy (non-hydrogen) atoms. The molecule has 0 aliphatic heterocycles. The smallest absolute Gasteiger partial charge is 0.0431 e. The molecule has 0 aliphatic carbocycles. The van der Waals surface area contributed by atoms with Gasteiger partial charge in [0, 0.05) is 6.61 Å². The monoisotopic (exact) mass is 204 g/mol. The fourth-order valence-corrected chi connectivity index (χ4v) is 1.50. The number of allylic oxidation sites excluding steroid dienone is 2. The number of aryl methyl sites for hydroxylation is 1. The maximum absolute atomic E-state index is 8.59. The minimum absolute atomic E-state index is 0.317. The zero-order chi connectivity index (χ0) is 10.8. The van der Waals surface area contributed by atoms with E-state index >= 15 is 0 Å². The van der Waals surface area contributed by atoms with E-state index in [0.717, 1.165) is 32.1 Å². The lowest BCUT2D eigenvalue weighted by Gasteiger charge is -1.96. The molecule has 0 aliphatic rings. The summed E-state index contributed by atoms with van der Waals surface area (Å²) in [6.45, 7) is 0.317. The first-order valence-corrected chi connectivity index (χ1v) is 5.73. The molecule has 1 aromatic rings. The lowest BCUT2D eigenvalue weighted by molar-refractivity contribution is 0.285. The quantitative estimate of drug-likeness (QED) is 0.533. The van der Waals surface area contributed by atoms with Crippen LogP contribution in [0.1, 0.15) is 31.2 Å². The van der Waals surface area contributed by atoms with Crippen molar-refractivity contribution in [3.05, 3.63) is 48.0 Å². The summed E-state index contributed by atoms with van der Waals surface area (Å²) in [6, 6.07) is 10.5. The molecule has 0 heterocycles. The summed E-state index contributed by atoms with van der Waals surface area (Å²) in [5.74, 6) is 0. The molecule has 1 aromatic carbocycles. The van der Waals surface area contributed by atoms with Gasteiger partial charge in [-0.25, -0.2) is 0 Å². The summed E-state index contributed by atoms with van der Waals surface area (Å²) in [5.41, 5.74) is 1.40. The van der Waals surface area contributed by atoms with Gasteiger partial charge in [0.05, 0.1) is 0 Å². The fourth-order valence-electron chi connectivity index (χ4n) is 1.50. The SMILES string of the molecule is OCCCCC=CCCc1ccccc1. The Bertz CT molecular complexity index is 264. The summed E-state index contributed by atoms with van der Waals surface area (Å²) in [6.07, 6.45) is 9.81. The number of hydrogen-bond donors (Lipinski definition) is 1. The van der Waals surface area contributed by atoms with E-state index in [4.69, 9.17) is 5.11 Å². The summed E-state index contributed by atoms with van der Waals surface area (Å²) < 4.78 is 0. The van der Waals surface area contributed by atoms with Gasteiger partial charge >= 0.3 is 0 Å². The molecule has 0 spiro atoms. The van der Waals surface area contributed by atoms with Gasteiger partial charge in [0.15, 0.2) is 0 Å². The summed E-state index contributed by atoms with van der Waals surface area (Å²) in [5, 5.41) is 8.59. The maximum Gasteiger partial charge on any atom is 0.0431 e. The summed E-state index contributed by atoms with van der Waals surface area (Å²) in [4.78, 5) is 0. The van der Waals surface area contributed by atoms with Crippen molar-refractivity contribution in [3.8, 4) is 0 Å². The third kappa shape index (κ3) is 6.08. The van der Waals surface area contributed by atoms with Gasteiger partial charge in [0.25, 0.3) is 0 Å². The molecule has 1 rings (SSSR count). The predicted molar refractivity (Wildman–Crippen MR) is 64.8 cm³/mol. The first-order chi connectivity index (χ1) is 7.43. The average molecular weight is 204 g/mol. The molecule has 1 N–H and O–H groups in total. The minimum Gasteiger partial charge on any atom is -0.396 e. The molecule has 0 bridgehead atoms. The third-order valence-corrected chi connectivity index (χ3v) is 2.39. The van der Waals surface area contributed by atoms with E-state index < -0.39 is 0 Å². The maximum atomic E-state index is 8.59. The van der Waals surface area contributed by atoms with Crippen molar-refractivity contribution >= 4 is 0 Å². The Morgan fingerprint density at radius 2 is 1.67 bits per heavy atom. The number of hydrogen-bond acceptors (Lipinski definition) is 1. The Labute approximate surface area is 92.5 Å². The summed E-state index contributed by atoms with van der Waals surface area (Å²) in [7, 11) is 0. The zero-order valence-corrected chi connectivity index (χ0v) is 9.23. The number of unbranched alkanes of at least 4 members (excludes halogenated alkanes) is 2. The van der Waals surface area contributed by atoms with Crippen molar-refractivity contribution in [1.82, 2.24) is 0 Å². The van der Waals surface area contributed by atoms with Gasteiger partial charge in [0.2, 0.25) is 0 Å². The Morgan fingerprint density at radius 3 is 2.40 bits per heavy atom. The van der Waals surface area contributed by atoms with Crippen molar-refractivity contribution in [2.45, 2.75) is 32.1 Å². The molecule has 0 radical (unpaired) electrons. The number of aliphatic hydroxyl groups excluding tert-OH is 1. The van der Waals surface area contributed by atoms with E-state index in [9.17, 15) is 0 Å². The van der Waals surface area contributed by atoms with Crippen LogP contribution in [0.3, 0.4) is 0 Å². The normalized spacial score (nSPS) is 11.0. The standard InChI is InChI=1S/C14H20O/c15-13-9-4-2-1-3-6-10-14-11-7-5-8-12-14/h1,3,5,7-8,11-12,15H,2,4,6,9-10,13H2. The fraction of sp³-hybridized carbons (Fsp3) is 0.429. The van der Waals surface area contributed by atoms with Crippen LogP contribution >= 0.6 is 0 Å². The van der Waals surface area contributed by atoms with Gasteiger partial charge in [0.1, 0.15) is 0 Å². The van der Waals surface area contributed by atoms with Crippen LogP contribution in [-0.4, -0.2) is 11.7 Å². The van der Waals surface area contributed by atoms with E-state index in [1.807, 2.05) is 6.07 Å². The number of rotatable bonds is 7. The average Bonchev–Trinajstić information content (AvgIpc) is 2.29. The van der Waals surface area contributed by atoms with Gasteiger partial charge in [-0.15, -0.1) is 0 Å². The molecular formula is C14H20O. The van der Waals surface area contributed by atoms with Crippen molar-refractivity contribution < 1.29 is 5.11 Å². The molecular weight excluding hydrogens is 184 g/mol. The largest absolute Gasteiger partial charge is 0.396 e. The Hall–Kier alpha value is -1.08. The van der Waals surface area contributed by atoms with Crippen LogP contribution in [0.25, 0.3) is 0 Å². The predicted octanol–water partition coefficient (Wildman–Crippen LogP) is 3.34. The molecule has 82 valence electrons. The van der Waals surface area contributed by atoms with Crippen LogP contribution in [0.4, 0.5) is 0 Å². The molecule has 0 saturated carbocycles. The molecule has 0 saturated heterocycles. The van der Waals surface area contributed by atoms with E-state index in [1.165, 1.54) is 5.56 Å². The highest BCUT2D eigenvalue weighted by Crippen LogP contribution is 2.03. The Balaban J connectivity index is 2.06. The topological polar surface area (TPSA) is 20.2 Å². The highest BCUT2D eigenvalue weighted by Gasteiger charge is 1.88. The van der Waals surface area contributed by atoms with Crippen LogP contribution in [0.5, 0.6) is 0 Å². The van der Waals surface area contributed by atoms with Crippen molar-refractivity contribution in [3.63, 3.8) is 0 Å². The minimum atomic E-state index is 0.317. The Morgan fingerprint density at radius 1 is 0.933 bits per heavy atom. The first-order valence-electron chi connectivity index (χ1n) is 5.73. The second kappa shape index (κ2) is 8.25. The Kier molecular flexibility index (Phi) is 6.59. The summed E-state index contributed by atoms with van der Waals surface area (Å²) >= 11 is 0. The third-order valence-electron chi connectivity index (χ3n) is 2.39. The molecule has 1 heteroatoms. The molecule has 0 aromatic heterocycles. The van der Waals surface area contributed by atoms with E-state index in [1.54, 1.807) is 0 Å².